The van der Waals surface area contributed by atoms with Crippen molar-refractivity contribution in [2.45, 2.75) is 19.9 Å². The smallest absolute Gasteiger partial charge is 0.157 e. The molecule has 1 aliphatic heterocycles. The summed E-state index contributed by atoms with van der Waals surface area (Å²) in [5, 5.41) is 10.2. The summed E-state index contributed by atoms with van der Waals surface area (Å²) in [6.45, 7) is 6.91. The van der Waals surface area contributed by atoms with Gasteiger partial charge in [-0.2, -0.15) is 5.26 Å². The number of pyridine rings is 1. The van der Waals surface area contributed by atoms with E-state index in [9.17, 15) is 5.26 Å². The number of nitriles is 1. The van der Waals surface area contributed by atoms with Crippen LogP contribution in [0.2, 0.25) is 0 Å². The molecule has 1 fully saturated rings. The zero-order valence-corrected chi connectivity index (χ0v) is 20.6. The first kappa shape index (κ1) is 22.3. The van der Waals surface area contributed by atoms with Crippen molar-refractivity contribution >= 4 is 22.5 Å². The molecule has 1 saturated heterocycles. The lowest BCUT2D eigenvalue weighted by Gasteiger charge is -2.38. The van der Waals surface area contributed by atoms with Gasteiger partial charge in [0.25, 0.3) is 0 Å². The highest BCUT2D eigenvalue weighted by atomic mass is 15.3. The number of imidazole rings is 1. The fourth-order valence-electron chi connectivity index (χ4n) is 5.47. The molecule has 0 saturated carbocycles. The van der Waals surface area contributed by atoms with E-state index in [1.165, 1.54) is 22.5 Å². The zero-order valence-electron chi connectivity index (χ0n) is 20.6. The van der Waals surface area contributed by atoms with Gasteiger partial charge in [0.15, 0.2) is 5.65 Å². The molecule has 0 spiro atoms. The van der Waals surface area contributed by atoms with E-state index in [0.717, 1.165) is 61.4 Å². The Bertz CT molecular complexity index is 1560. The number of para-hydroxylation sites is 2. The highest BCUT2D eigenvalue weighted by Crippen LogP contribution is 2.35. The van der Waals surface area contributed by atoms with Crippen LogP contribution in [0.4, 0.5) is 5.82 Å². The first-order valence-electron chi connectivity index (χ1n) is 12.6. The van der Waals surface area contributed by atoms with Gasteiger partial charge in [0.1, 0.15) is 11.9 Å². The summed E-state index contributed by atoms with van der Waals surface area (Å²) in [5.74, 6) is 1.18. The fourth-order valence-corrected chi connectivity index (χ4v) is 5.47. The molecule has 3 aromatic carbocycles. The number of benzene rings is 3. The van der Waals surface area contributed by atoms with Gasteiger partial charge in [-0.05, 0) is 35.7 Å². The Balaban J connectivity index is 1.46. The topological polar surface area (TPSA) is 47.6 Å². The van der Waals surface area contributed by atoms with E-state index in [4.69, 9.17) is 4.98 Å². The van der Waals surface area contributed by atoms with Gasteiger partial charge in [0, 0.05) is 44.7 Å². The van der Waals surface area contributed by atoms with Gasteiger partial charge in [-0.3, -0.25) is 9.30 Å². The van der Waals surface area contributed by atoms with Gasteiger partial charge < -0.3 is 4.90 Å². The van der Waals surface area contributed by atoms with Gasteiger partial charge in [-0.25, -0.2) is 4.98 Å². The van der Waals surface area contributed by atoms with Gasteiger partial charge in [0.2, 0.25) is 0 Å². The second-order valence-corrected chi connectivity index (χ2v) is 9.58. The molecule has 0 N–H and O–H groups in total. The molecule has 5 aromatic rings. The van der Waals surface area contributed by atoms with Gasteiger partial charge in [-0.15, -0.1) is 0 Å². The molecule has 36 heavy (non-hydrogen) atoms. The maximum atomic E-state index is 10.2. The molecule has 178 valence electrons. The SMILES string of the molecule is Cc1c(Cc2ccccc2)c(N2CCN(Cc3ccccc3)CC2)n2c(nc3ccccc32)c1C#N. The number of piperazine rings is 1. The maximum absolute atomic E-state index is 10.2. The minimum absolute atomic E-state index is 0.670. The van der Waals surface area contributed by atoms with Crippen molar-refractivity contribution in [2.75, 3.05) is 31.1 Å². The average Bonchev–Trinajstić information content (AvgIpc) is 3.30. The van der Waals surface area contributed by atoms with Crippen LogP contribution in [0.5, 0.6) is 0 Å². The zero-order chi connectivity index (χ0) is 24.5. The van der Waals surface area contributed by atoms with Crippen LogP contribution >= 0.6 is 0 Å². The molecule has 0 aliphatic carbocycles. The number of hydrogen-bond acceptors (Lipinski definition) is 4. The number of nitrogens with zero attached hydrogens (tertiary/aromatic N) is 5. The van der Waals surface area contributed by atoms with Crippen LogP contribution in [-0.2, 0) is 13.0 Å². The van der Waals surface area contributed by atoms with Crippen molar-refractivity contribution < 1.29 is 0 Å². The van der Waals surface area contributed by atoms with Crippen molar-refractivity contribution in [3.63, 3.8) is 0 Å². The van der Waals surface area contributed by atoms with Gasteiger partial charge in [0.05, 0.1) is 16.6 Å². The average molecular weight is 472 g/mol. The highest BCUT2D eigenvalue weighted by molar-refractivity contribution is 5.86. The molecule has 0 bridgehead atoms. The third-order valence-electron chi connectivity index (χ3n) is 7.35. The Kier molecular flexibility index (Phi) is 5.88. The Morgan fingerprint density at radius 1 is 0.806 bits per heavy atom. The summed E-state index contributed by atoms with van der Waals surface area (Å²) in [7, 11) is 0. The Hall–Kier alpha value is -4.14. The first-order valence-corrected chi connectivity index (χ1v) is 12.6. The summed E-state index contributed by atoms with van der Waals surface area (Å²) < 4.78 is 2.24. The standard InChI is InChI=1S/C31H29N5/c1-23-26(20-24-10-4-2-5-11-24)31(35-18-16-34(17-19-35)22-25-12-6-3-7-13-25)36-29-15-9-8-14-28(29)33-30(36)27(23)21-32/h2-15H,16-20,22H2,1H3. The van der Waals surface area contributed by atoms with Crippen LogP contribution in [-0.4, -0.2) is 40.5 Å². The summed E-state index contributed by atoms with van der Waals surface area (Å²) in [5.41, 5.74) is 8.26. The molecule has 5 nitrogen and oxygen atoms in total. The molecule has 0 amide bonds. The highest BCUT2D eigenvalue weighted by Gasteiger charge is 2.27. The van der Waals surface area contributed by atoms with E-state index in [0.29, 0.717) is 5.56 Å². The summed E-state index contributed by atoms with van der Waals surface area (Å²) in [6, 6.07) is 32.0. The van der Waals surface area contributed by atoms with E-state index >= 15 is 0 Å². The van der Waals surface area contributed by atoms with E-state index in [-0.39, 0.29) is 0 Å². The molecule has 3 heterocycles. The minimum atomic E-state index is 0.670. The maximum Gasteiger partial charge on any atom is 0.157 e. The number of fused-ring (bicyclic) bond motifs is 3. The predicted molar refractivity (Wildman–Crippen MR) is 145 cm³/mol. The van der Waals surface area contributed by atoms with E-state index in [1.54, 1.807) is 0 Å². The summed E-state index contributed by atoms with van der Waals surface area (Å²) >= 11 is 0. The Morgan fingerprint density at radius 3 is 2.14 bits per heavy atom. The lowest BCUT2D eigenvalue weighted by atomic mass is 9.97. The quantitative estimate of drug-likeness (QED) is 0.336. The lowest BCUT2D eigenvalue weighted by molar-refractivity contribution is 0.249. The van der Waals surface area contributed by atoms with Crippen molar-refractivity contribution in [1.82, 2.24) is 14.3 Å². The molecule has 1 aliphatic rings. The van der Waals surface area contributed by atoms with Crippen molar-refractivity contribution in [3.05, 3.63) is 113 Å². The third kappa shape index (κ3) is 4.00. The van der Waals surface area contributed by atoms with Crippen LogP contribution < -0.4 is 4.90 Å². The van der Waals surface area contributed by atoms with Crippen LogP contribution in [0, 0.1) is 18.3 Å². The normalized spacial score (nSPS) is 14.4. The van der Waals surface area contributed by atoms with Crippen LogP contribution in [0.25, 0.3) is 16.7 Å². The van der Waals surface area contributed by atoms with E-state index < -0.39 is 0 Å². The first-order chi connectivity index (χ1) is 17.7. The second-order valence-electron chi connectivity index (χ2n) is 9.58. The number of aromatic nitrogens is 2. The van der Waals surface area contributed by atoms with Crippen LogP contribution in [0.15, 0.2) is 84.9 Å². The minimum Gasteiger partial charge on any atom is -0.355 e. The van der Waals surface area contributed by atoms with Crippen molar-refractivity contribution in [2.24, 2.45) is 0 Å². The number of hydrogen-bond donors (Lipinski definition) is 0. The van der Waals surface area contributed by atoms with E-state index in [2.05, 4.69) is 100.0 Å². The number of rotatable bonds is 5. The fraction of sp³-hybridized carbons (Fsp3) is 0.226. The molecule has 0 radical (unpaired) electrons. The van der Waals surface area contributed by atoms with Crippen LogP contribution in [0.3, 0.4) is 0 Å². The molecule has 5 heteroatoms. The molecule has 0 unspecified atom stereocenters. The summed E-state index contributed by atoms with van der Waals surface area (Å²) in [4.78, 5) is 9.96. The number of anilines is 1. The second kappa shape index (κ2) is 9.49. The summed E-state index contributed by atoms with van der Waals surface area (Å²) in [6.07, 6.45) is 0.781. The molecular weight excluding hydrogens is 442 g/mol. The largest absolute Gasteiger partial charge is 0.355 e. The Morgan fingerprint density at radius 2 is 1.44 bits per heavy atom. The Labute approximate surface area is 211 Å². The third-order valence-corrected chi connectivity index (χ3v) is 7.35. The lowest BCUT2D eigenvalue weighted by Crippen LogP contribution is -2.47. The van der Waals surface area contributed by atoms with Crippen molar-refractivity contribution in [1.29, 1.82) is 5.26 Å². The van der Waals surface area contributed by atoms with Crippen LogP contribution in [0.1, 0.15) is 27.8 Å². The molecule has 2 aromatic heterocycles. The molecular formula is C31H29N5. The van der Waals surface area contributed by atoms with Gasteiger partial charge >= 0.3 is 0 Å². The predicted octanol–water partition coefficient (Wildman–Crippen LogP) is 5.58. The van der Waals surface area contributed by atoms with E-state index in [1.807, 2.05) is 12.1 Å². The van der Waals surface area contributed by atoms with Gasteiger partial charge in [-0.1, -0.05) is 72.8 Å². The van der Waals surface area contributed by atoms with Crippen molar-refractivity contribution in [3.8, 4) is 6.07 Å². The molecule has 0 atom stereocenters. The monoisotopic (exact) mass is 471 g/mol. The molecule has 6 rings (SSSR count).